The summed E-state index contributed by atoms with van der Waals surface area (Å²) in [7, 11) is 0. The molecule has 2 saturated heterocycles. The smallest absolute Gasteiger partial charge is 0.229 e. The summed E-state index contributed by atoms with van der Waals surface area (Å²) in [4.78, 5) is 25.8. The lowest BCUT2D eigenvalue weighted by atomic mass is 9.98. The Labute approximate surface area is 136 Å². The van der Waals surface area contributed by atoms with Gasteiger partial charge in [0.05, 0.1) is 5.92 Å². The number of nitrogens with zero attached hydrogens (tertiary/aromatic N) is 4. The van der Waals surface area contributed by atoms with E-state index in [1.807, 2.05) is 17.9 Å². The van der Waals surface area contributed by atoms with E-state index < -0.39 is 0 Å². The molecule has 4 heterocycles. The van der Waals surface area contributed by atoms with E-state index in [-0.39, 0.29) is 5.92 Å². The van der Waals surface area contributed by atoms with Crippen LogP contribution in [-0.2, 0) is 4.79 Å². The van der Waals surface area contributed by atoms with Crippen LogP contribution in [0, 0.1) is 19.8 Å². The molecule has 0 aliphatic carbocycles. The minimum absolute atomic E-state index is 0.137. The third kappa shape index (κ3) is 2.54. The Balaban J connectivity index is 1.49. The molecule has 0 spiro atoms. The minimum atomic E-state index is 0.137. The third-order valence-corrected chi connectivity index (χ3v) is 4.97. The van der Waals surface area contributed by atoms with Crippen molar-refractivity contribution in [2.45, 2.75) is 26.7 Å². The molecule has 2 fully saturated rings. The van der Waals surface area contributed by atoms with Crippen molar-refractivity contribution in [2.24, 2.45) is 5.92 Å². The van der Waals surface area contributed by atoms with Gasteiger partial charge in [0.25, 0.3) is 0 Å². The zero-order chi connectivity index (χ0) is 16.0. The van der Waals surface area contributed by atoms with Crippen LogP contribution in [0.15, 0.2) is 18.2 Å². The van der Waals surface area contributed by atoms with Crippen molar-refractivity contribution in [3.8, 4) is 0 Å². The van der Waals surface area contributed by atoms with Crippen molar-refractivity contribution in [3.05, 3.63) is 29.5 Å². The van der Waals surface area contributed by atoms with E-state index in [9.17, 15) is 4.79 Å². The maximum atomic E-state index is 12.4. The van der Waals surface area contributed by atoms with Gasteiger partial charge in [-0.3, -0.25) is 4.79 Å². The van der Waals surface area contributed by atoms with E-state index in [0.717, 1.165) is 61.6 Å². The number of anilines is 1. The molecule has 2 aliphatic heterocycles. The Hall–Kier alpha value is -2.17. The number of hydrogen-bond donors (Lipinski definition) is 0. The summed E-state index contributed by atoms with van der Waals surface area (Å²) in [5, 5.41) is 1.10. The number of hydrogen-bond acceptors (Lipinski definition) is 4. The maximum Gasteiger partial charge on any atom is 0.229 e. The largest absolute Gasteiger partial charge is 0.355 e. The van der Waals surface area contributed by atoms with Crippen LogP contribution in [0.5, 0.6) is 0 Å². The summed E-state index contributed by atoms with van der Waals surface area (Å²) in [6, 6.07) is 6.22. The summed E-state index contributed by atoms with van der Waals surface area (Å²) in [6.45, 7) is 7.51. The number of amides is 1. The molecular weight excluding hydrogens is 288 g/mol. The molecule has 2 aromatic heterocycles. The van der Waals surface area contributed by atoms with Crippen LogP contribution in [0.4, 0.5) is 5.82 Å². The Kier molecular flexibility index (Phi) is 3.43. The lowest BCUT2D eigenvalue weighted by molar-refractivity contribution is -0.135. The summed E-state index contributed by atoms with van der Waals surface area (Å²) in [6.07, 6.45) is 2.30. The molecular formula is C18H22N4O. The molecule has 0 atom stereocenters. The fraction of sp³-hybridized carbons (Fsp3) is 0.500. The fourth-order valence-electron chi connectivity index (χ4n) is 3.62. The van der Waals surface area contributed by atoms with Gasteiger partial charge < -0.3 is 9.80 Å². The molecule has 23 heavy (non-hydrogen) atoms. The number of fused-ring (bicyclic) bond motifs is 1. The number of likely N-dealkylation sites (tertiary alicyclic amines) is 1. The molecule has 0 aromatic carbocycles. The lowest BCUT2D eigenvalue weighted by Crippen LogP contribution is -2.54. The monoisotopic (exact) mass is 310 g/mol. The van der Waals surface area contributed by atoms with E-state index in [2.05, 4.69) is 28.9 Å². The first-order valence-electron chi connectivity index (χ1n) is 8.40. The highest BCUT2D eigenvalue weighted by Crippen LogP contribution is 2.27. The average Bonchev–Trinajstić information content (AvgIpc) is 2.99. The highest BCUT2D eigenvalue weighted by molar-refractivity contribution is 5.83. The molecule has 0 saturated carbocycles. The summed E-state index contributed by atoms with van der Waals surface area (Å²) in [5.41, 5.74) is 3.00. The van der Waals surface area contributed by atoms with Crippen LogP contribution < -0.4 is 4.90 Å². The van der Waals surface area contributed by atoms with E-state index >= 15 is 0 Å². The predicted molar refractivity (Wildman–Crippen MR) is 90.5 cm³/mol. The first-order chi connectivity index (χ1) is 11.1. The van der Waals surface area contributed by atoms with Gasteiger partial charge in [-0.2, -0.15) is 0 Å². The van der Waals surface area contributed by atoms with Crippen molar-refractivity contribution >= 4 is 22.8 Å². The molecule has 0 unspecified atom stereocenters. The second kappa shape index (κ2) is 5.48. The normalized spacial score (nSPS) is 18.5. The number of carbonyl (C=O) groups is 1. The van der Waals surface area contributed by atoms with Crippen LogP contribution in [0.3, 0.4) is 0 Å². The van der Waals surface area contributed by atoms with Crippen LogP contribution in [0.2, 0.25) is 0 Å². The number of aryl methyl sites for hydroxylation is 2. The van der Waals surface area contributed by atoms with Crippen LogP contribution in [0.25, 0.3) is 11.0 Å². The van der Waals surface area contributed by atoms with E-state index in [4.69, 9.17) is 4.98 Å². The van der Waals surface area contributed by atoms with Gasteiger partial charge >= 0.3 is 0 Å². The van der Waals surface area contributed by atoms with Crippen molar-refractivity contribution in [3.63, 3.8) is 0 Å². The van der Waals surface area contributed by atoms with Crippen molar-refractivity contribution in [1.82, 2.24) is 14.9 Å². The first-order valence-corrected chi connectivity index (χ1v) is 8.40. The standard InChI is InChI=1S/C18H22N4O/c1-12-9-13(2)19-17-15(12)5-6-16(20-17)22-10-14(11-22)18(23)21-7-3-4-8-21/h5-6,9,14H,3-4,7-8,10-11H2,1-2H3. The molecule has 5 nitrogen and oxygen atoms in total. The van der Waals surface area contributed by atoms with Gasteiger partial charge in [0.2, 0.25) is 5.91 Å². The number of rotatable bonds is 2. The predicted octanol–water partition coefficient (Wildman–Crippen LogP) is 2.31. The zero-order valence-corrected chi connectivity index (χ0v) is 13.7. The van der Waals surface area contributed by atoms with Crippen molar-refractivity contribution in [1.29, 1.82) is 0 Å². The molecule has 120 valence electrons. The molecule has 5 heteroatoms. The van der Waals surface area contributed by atoms with E-state index in [0.29, 0.717) is 5.91 Å². The van der Waals surface area contributed by atoms with Crippen molar-refractivity contribution in [2.75, 3.05) is 31.1 Å². The lowest BCUT2D eigenvalue weighted by Gasteiger charge is -2.40. The van der Waals surface area contributed by atoms with Crippen LogP contribution >= 0.6 is 0 Å². The third-order valence-electron chi connectivity index (χ3n) is 4.97. The van der Waals surface area contributed by atoms with Crippen molar-refractivity contribution < 1.29 is 4.79 Å². The fourth-order valence-corrected chi connectivity index (χ4v) is 3.62. The van der Waals surface area contributed by atoms with Gasteiger partial charge in [0.1, 0.15) is 5.82 Å². The molecule has 0 N–H and O–H groups in total. The Morgan fingerprint density at radius 1 is 1.13 bits per heavy atom. The molecule has 0 radical (unpaired) electrons. The van der Waals surface area contributed by atoms with Gasteiger partial charge in [0.15, 0.2) is 5.65 Å². The van der Waals surface area contributed by atoms with E-state index in [1.165, 1.54) is 5.56 Å². The van der Waals surface area contributed by atoms with Gasteiger partial charge in [0, 0.05) is 37.3 Å². The van der Waals surface area contributed by atoms with Gasteiger partial charge in [-0.15, -0.1) is 0 Å². The highest BCUT2D eigenvalue weighted by atomic mass is 16.2. The summed E-state index contributed by atoms with van der Waals surface area (Å²) < 4.78 is 0. The molecule has 1 amide bonds. The second-order valence-corrected chi connectivity index (χ2v) is 6.76. The molecule has 2 aromatic rings. The zero-order valence-electron chi connectivity index (χ0n) is 13.7. The average molecular weight is 310 g/mol. The minimum Gasteiger partial charge on any atom is -0.355 e. The topological polar surface area (TPSA) is 49.3 Å². The van der Waals surface area contributed by atoms with Gasteiger partial charge in [-0.25, -0.2) is 9.97 Å². The SMILES string of the molecule is Cc1cc(C)c2ccc(N3CC(C(=O)N4CCCC4)C3)nc2n1. The number of aromatic nitrogens is 2. The number of pyridine rings is 2. The quantitative estimate of drug-likeness (QED) is 0.854. The highest BCUT2D eigenvalue weighted by Gasteiger charge is 2.36. The summed E-state index contributed by atoms with van der Waals surface area (Å²) in [5.74, 6) is 1.39. The second-order valence-electron chi connectivity index (χ2n) is 6.76. The molecule has 4 rings (SSSR count). The Morgan fingerprint density at radius 2 is 1.87 bits per heavy atom. The molecule has 2 aliphatic rings. The maximum absolute atomic E-state index is 12.4. The van der Waals surface area contributed by atoms with Crippen LogP contribution in [-0.4, -0.2) is 47.0 Å². The number of carbonyl (C=O) groups excluding carboxylic acids is 1. The first kappa shape index (κ1) is 14.4. The Bertz CT molecular complexity index is 761. The molecule has 0 bridgehead atoms. The Morgan fingerprint density at radius 3 is 2.61 bits per heavy atom. The van der Waals surface area contributed by atoms with Gasteiger partial charge in [-0.1, -0.05) is 0 Å². The summed E-state index contributed by atoms with van der Waals surface area (Å²) >= 11 is 0. The van der Waals surface area contributed by atoms with E-state index in [1.54, 1.807) is 0 Å². The van der Waals surface area contributed by atoms with Gasteiger partial charge in [-0.05, 0) is 50.5 Å². The van der Waals surface area contributed by atoms with Crippen LogP contribution in [0.1, 0.15) is 24.1 Å².